The molecule has 3 N–H and O–H groups in total. The zero-order valence-corrected chi connectivity index (χ0v) is 24.1. The molecule has 1 aliphatic rings. The molecule has 222 valence electrons. The van der Waals surface area contributed by atoms with E-state index >= 15 is 0 Å². The molecule has 5 rings (SSSR count). The highest BCUT2D eigenvalue weighted by molar-refractivity contribution is 5.83. The fourth-order valence-electron chi connectivity index (χ4n) is 5.69. The number of hydrogen-bond donors (Lipinski definition) is 3. The Kier molecular flexibility index (Phi) is 9.03. The third kappa shape index (κ3) is 6.55. The van der Waals surface area contributed by atoms with Crippen LogP contribution >= 0.6 is 0 Å². The van der Waals surface area contributed by atoms with Crippen molar-refractivity contribution in [2.75, 3.05) is 25.0 Å². The van der Waals surface area contributed by atoms with Gasteiger partial charge in [0.15, 0.2) is 11.6 Å². The number of carbonyl (C=O) groups is 1. The number of unbranched alkanes of at least 4 members (excludes halogenated alkanes) is 1. The third-order valence-electron chi connectivity index (χ3n) is 7.80. The van der Waals surface area contributed by atoms with Gasteiger partial charge in [-0.25, -0.2) is 34.2 Å². The van der Waals surface area contributed by atoms with Crippen LogP contribution in [-0.4, -0.2) is 60.2 Å². The Morgan fingerprint density at radius 3 is 2.55 bits per heavy atom. The molecule has 0 unspecified atom stereocenters. The highest BCUT2D eigenvalue weighted by atomic mass is 19.1. The summed E-state index contributed by atoms with van der Waals surface area (Å²) in [5, 5.41) is 11.6. The summed E-state index contributed by atoms with van der Waals surface area (Å²) >= 11 is 0. The SMILES string of the molecule is Cc1nc2c(F)cc(-c3nc(Nc4ccc(C5CCN(CCCCC(=O)NO)CC5)cn4)ncc3F)cc2n1C(C)C. The lowest BCUT2D eigenvalue weighted by Gasteiger charge is -2.32. The van der Waals surface area contributed by atoms with Gasteiger partial charge >= 0.3 is 0 Å². The molecule has 4 heterocycles. The van der Waals surface area contributed by atoms with Crippen molar-refractivity contribution in [2.24, 2.45) is 0 Å². The summed E-state index contributed by atoms with van der Waals surface area (Å²) in [4.78, 5) is 30.9. The summed E-state index contributed by atoms with van der Waals surface area (Å²) in [6.07, 6.45) is 6.96. The number of piperidine rings is 1. The largest absolute Gasteiger partial charge is 0.326 e. The van der Waals surface area contributed by atoms with Gasteiger partial charge in [0.2, 0.25) is 11.9 Å². The van der Waals surface area contributed by atoms with Gasteiger partial charge in [0, 0.05) is 24.2 Å². The molecule has 0 bridgehead atoms. The first kappa shape index (κ1) is 29.5. The smallest absolute Gasteiger partial charge is 0.243 e. The molecule has 0 atom stereocenters. The number of likely N-dealkylation sites (tertiary alicyclic amines) is 1. The maximum absolute atomic E-state index is 15.0. The lowest BCUT2D eigenvalue weighted by atomic mass is 9.90. The zero-order valence-electron chi connectivity index (χ0n) is 24.1. The highest BCUT2D eigenvalue weighted by Gasteiger charge is 2.21. The van der Waals surface area contributed by atoms with Gasteiger partial charge in [0.05, 0.1) is 11.7 Å². The molecule has 0 radical (unpaired) electrons. The first-order chi connectivity index (χ1) is 20.2. The number of aromatic nitrogens is 5. The number of aryl methyl sites for hydroxylation is 1. The molecule has 1 aliphatic heterocycles. The molecule has 10 nitrogen and oxygen atoms in total. The average molecular weight is 579 g/mol. The Morgan fingerprint density at radius 2 is 1.86 bits per heavy atom. The van der Waals surface area contributed by atoms with Crippen LogP contribution in [0.5, 0.6) is 0 Å². The number of amides is 1. The number of halogens is 2. The van der Waals surface area contributed by atoms with Crippen molar-refractivity contribution < 1.29 is 18.8 Å². The molecule has 0 aliphatic carbocycles. The predicted molar refractivity (Wildman–Crippen MR) is 156 cm³/mol. The first-order valence-corrected chi connectivity index (χ1v) is 14.3. The Balaban J connectivity index is 1.23. The topological polar surface area (TPSA) is 121 Å². The maximum Gasteiger partial charge on any atom is 0.243 e. The van der Waals surface area contributed by atoms with Crippen molar-refractivity contribution in [3.63, 3.8) is 0 Å². The van der Waals surface area contributed by atoms with E-state index in [-0.39, 0.29) is 29.1 Å². The number of fused-ring (bicyclic) bond motifs is 1. The van der Waals surface area contributed by atoms with Gasteiger partial charge in [-0.2, -0.15) is 0 Å². The van der Waals surface area contributed by atoms with Crippen LogP contribution in [0.1, 0.15) is 69.3 Å². The average Bonchev–Trinajstić information content (AvgIpc) is 3.33. The fraction of sp³-hybridized carbons (Fsp3) is 0.433. The van der Waals surface area contributed by atoms with Crippen molar-refractivity contribution in [1.29, 1.82) is 0 Å². The summed E-state index contributed by atoms with van der Waals surface area (Å²) < 4.78 is 31.8. The Hall–Kier alpha value is -4.03. The molecule has 1 aromatic carbocycles. The summed E-state index contributed by atoms with van der Waals surface area (Å²) in [6.45, 7) is 8.69. The van der Waals surface area contributed by atoms with Crippen molar-refractivity contribution in [3.8, 4) is 11.3 Å². The van der Waals surface area contributed by atoms with Crippen LogP contribution in [-0.2, 0) is 4.79 Å². The Morgan fingerprint density at radius 1 is 1.07 bits per heavy atom. The zero-order chi connectivity index (χ0) is 29.8. The van der Waals surface area contributed by atoms with Gasteiger partial charge in [-0.15, -0.1) is 0 Å². The number of hydrogen-bond acceptors (Lipinski definition) is 8. The maximum atomic E-state index is 15.0. The molecule has 1 fully saturated rings. The van der Waals surface area contributed by atoms with E-state index in [4.69, 9.17) is 5.21 Å². The predicted octanol–water partition coefficient (Wildman–Crippen LogP) is 5.65. The van der Waals surface area contributed by atoms with Crippen LogP contribution in [0.25, 0.3) is 22.3 Å². The number of pyridine rings is 1. The lowest BCUT2D eigenvalue weighted by Crippen LogP contribution is -2.33. The number of carbonyl (C=O) groups excluding carboxylic acids is 1. The van der Waals surface area contributed by atoms with Crippen molar-refractivity contribution in [2.45, 2.75) is 64.8 Å². The van der Waals surface area contributed by atoms with Crippen LogP contribution in [0.15, 0.2) is 36.7 Å². The fourth-order valence-corrected chi connectivity index (χ4v) is 5.69. The van der Waals surface area contributed by atoms with Gasteiger partial charge in [0.1, 0.15) is 22.9 Å². The van der Waals surface area contributed by atoms with Gasteiger partial charge in [-0.3, -0.25) is 10.0 Å². The molecule has 3 aromatic heterocycles. The van der Waals surface area contributed by atoms with Gasteiger partial charge < -0.3 is 14.8 Å². The van der Waals surface area contributed by atoms with Crippen molar-refractivity contribution >= 4 is 28.7 Å². The lowest BCUT2D eigenvalue weighted by molar-refractivity contribution is -0.129. The number of anilines is 2. The molecule has 4 aromatic rings. The second kappa shape index (κ2) is 12.9. The monoisotopic (exact) mass is 578 g/mol. The van der Waals surface area contributed by atoms with Crippen LogP contribution in [0, 0.1) is 18.6 Å². The molecule has 12 heteroatoms. The van der Waals surface area contributed by atoms with E-state index in [9.17, 15) is 13.6 Å². The van der Waals surface area contributed by atoms with Gasteiger partial charge in [0.25, 0.3) is 0 Å². The Labute approximate surface area is 243 Å². The number of hydroxylamine groups is 1. The molecule has 0 spiro atoms. The van der Waals surface area contributed by atoms with Crippen LogP contribution in [0.2, 0.25) is 0 Å². The van der Waals surface area contributed by atoms with Crippen LogP contribution in [0.4, 0.5) is 20.5 Å². The normalized spacial score (nSPS) is 14.5. The van der Waals surface area contributed by atoms with E-state index in [1.807, 2.05) is 43.7 Å². The molecule has 0 saturated carbocycles. The number of nitrogens with zero attached hydrogens (tertiary/aromatic N) is 6. The second-order valence-electron chi connectivity index (χ2n) is 11.0. The van der Waals surface area contributed by atoms with Crippen molar-refractivity contribution in [3.05, 3.63) is 59.7 Å². The molecular formula is C30H36F2N8O2. The van der Waals surface area contributed by atoms with E-state index in [0.29, 0.717) is 35.1 Å². The van der Waals surface area contributed by atoms with E-state index < -0.39 is 11.6 Å². The first-order valence-electron chi connectivity index (χ1n) is 14.3. The number of rotatable bonds is 10. The van der Waals surface area contributed by atoms with Gasteiger partial charge in [-0.1, -0.05) is 6.07 Å². The standard InChI is InChI=1S/C30H36F2N8O2/c1-18(2)40-19(3)35-29-23(31)14-22(15-25(29)40)28-24(32)17-34-30(37-28)36-26-8-7-21(16-33-26)20-9-12-39(13-10-20)11-5-4-6-27(41)38-42/h7-8,14-18,20,42H,4-6,9-13H2,1-3H3,(H,38,41)(H,33,34,36,37). The van der Waals surface area contributed by atoms with E-state index in [1.54, 1.807) is 11.5 Å². The molecular weight excluding hydrogens is 542 g/mol. The quantitative estimate of drug-likeness (QED) is 0.125. The number of imidazole rings is 1. The summed E-state index contributed by atoms with van der Waals surface area (Å²) in [5.74, 6) is 0.239. The summed E-state index contributed by atoms with van der Waals surface area (Å²) in [7, 11) is 0. The molecule has 42 heavy (non-hydrogen) atoms. The minimum absolute atomic E-state index is 0.0116. The van der Waals surface area contributed by atoms with E-state index in [1.165, 1.54) is 6.07 Å². The minimum atomic E-state index is -0.656. The van der Waals surface area contributed by atoms with Gasteiger partial charge in [-0.05, 0) is 95.8 Å². The van der Waals surface area contributed by atoms with Crippen LogP contribution in [0.3, 0.4) is 0 Å². The molecule has 1 saturated heterocycles. The summed E-state index contributed by atoms with van der Waals surface area (Å²) in [6, 6.07) is 6.91. The number of benzene rings is 1. The second-order valence-corrected chi connectivity index (χ2v) is 11.0. The highest BCUT2D eigenvalue weighted by Crippen LogP contribution is 2.31. The minimum Gasteiger partial charge on any atom is -0.326 e. The Bertz CT molecular complexity index is 1550. The molecule has 1 amide bonds. The number of nitrogens with one attached hydrogen (secondary N) is 2. The van der Waals surface area contributed by atoms with E-state index in [2.05, 4.69) is 30.2 Å². The third-order valence-corrected chi connectivity index (χ3v) is 7.80. The van der Waals surface area contributed by atoms with Crippen molar-refractivity contribution in [1.82, 2.24) is 34.9 Å². The van der Waals surface area contributed by atoms with Crippen LogP contribution < -0.4 is 10.8 Å². The summed E-state index contributed by atoms with van der Waals surface area (Å²) in [5.41, 5.74) is 3.94. The van der Waals surface area contributed by atoms with E-state index in [0.717, 1.165) is 57.1 Å².